The Morgan fingerprint density at radius 2 is 1.89 bits per heavy atom. The maximum atomic E-state index is 13.1. The molecule has 0 aliphatic carbocycles. The largest absolute Gasteiger partial charge is 0.478 e. The molecule has 1 aromatic carbocycles. The summed E-state index contributed by atoms with van der Waals surface area (Å²) in [6.07, 6.45) is -1.84. The van der Waals surface area contributed by atoms with Crippen molar-refractivity contribution in [1.82, 2.24) is 14.9 Å². The van der Waals surface area contributed by atoms with E-state index in [2.05, 4.69) is 9.97 Å². The molecule has 0 saturated carbocycles. The molecule has 1 saturated heterocycles. The molecule has 0 spiro atoms. The summed E-state index contributed by atoms with van der Waals surface area (Å²) in [6, 6.07) is 12.4. The highest BCUT2D eigenvalue weighted by molar-refractivity contribution is 6.42. The van der Waals surface area contributed by atoms with Gasteiger partial charge in [-0.15, -0.1) is 0 Å². The number of ether oxygens (including phenoxy) is 1. The third-order valence-corrected chi connectivity index (χ3v) is 6.77. The van der Waals surface area contributed by atoms with Crippen molar-refractivity contribution >= 4 is 29.1 Å². The highest BCUT2D eigenvalue weighted by Gasteiger charge is 2.37. The van der Waals surface area contributed by atoms with E-state index >= 15 is 0 Å². The Bertz CT molecular complexity index is 1280. The van der Waals surface area contributed by atoms with Crippen LogP contribution < -0.4 is 4.74 Å². The molecule has 0 N–H and O–H groups in total. The number of rotatable bonds is 6. The van der Waals surface area contributed by atoms with Crippen LogP contribution in [0.4, 0.5) is 13.2 Å². The number of benzene rings is 1. The standard InChI is InChI=1S/C25H19Cl2F3N4O2/c26-21-5-2-15(9-22(21)27)20-14-34(24(35)16-1-4-19(10-31)32-11-16)13-17(20)7-8-36-23-6-3-18(12-33-23)25(28,29)30/h1-6,9,11-12,17,20H,7-8,13-14H2. The summed E-state index contributed by atoms with van der Waals surface area (Å²) >= 11 is 12.3. The van der Waals surface area contributed by atoms with Crippen molar-refractivity contribution in [2.75, 3.05) is 19.7 Å². The number of hydrogen-bond acceptors (Lipinski definition) is 5. The molecule has 1 amide bonds. The lowest BCUT2D eigenvalue weighted by Gasteiger charge is -2.19. The van der Waals surface area contributed by atoms with Crippen LogP contribution in [0.3, 0.4) is 0 Å². The first-order chi connectivity index (χ1) is 17.2. The van der Waals surface area contributed by atoms with Crippen molar-refractivity contribution in [1.29, 1.82) is 5.26 Å². The van der Waals surface area contributed by atoms with Crippen LogP contribution in [0.1, 0.15) is 39.5 Å². The number of aromatic nitrogens is 2. The molecule has 6 nitrogen and oxygen atoms in total. The van der Waals surface area contributed by atoms with Gasteiger partial charge in [0.05, 0.1) is 27.8 Å². The van der Waals surface area contributed by atoms with Crippen LogP contribution in [-0.2, 0) is 6.18 Å². The number of pyridine rings is 2. The minimum Gasteiger partial charge on any atom is -0.478 e. The molecule has 36 heavy (non-hydrogen) atoms. The molecule has 3 heterocycles. The third kappa shape index (κ3) is 5.89. The molecule has 1 aliphatic heterocycles. The molecule has 4 rings (SSSR count). The summed E-state index contributed by atoms with van der Waals surface area (Å²) < 4.78 is 43.8. The maximum Gasteiger partial charge on any atom is 0.417 e. The summed E-state index contributed by atoms with van der Waals surface area (Å²) in [5.41, 5.74) is 0.647. The number of carbonyl (C=O) groups excluding carboxylic acids is 1. The Kier molecular flexibility index (Phi) is 7.67. The van der Waals surface area contributed by atoms with Crippen molar-refractivity contribution in [3.63, 3.8) is 0 Å². The predicted molar refractivity (Wildman–Crippen MR) is 127 cm³/mol. The van der Waals surface area contributed by atoms with Crippen LogP contribution in [0.5, 0.6) is 5.88 Å². The molecule has 1 fully saturated rings. The first-order valence-corrected chi connectivity index (χ1v) is 11.7. The molecular weight excluding hydrogens is 516 g/mol. The van der Waals surface area contributed by atoms with E-state index in [9.17, 15) is 18.0 Å². The topological polar surface area (TPSA) is 79.1 Å². The van der Waals surface area contributed by atoms with E-state index in [4.69, 9.17) is 33.2 Å². The predicted octanol–water partition coefficient (Wildman–Crippen LogP) is 6.00. The molecule has 0 radical (unpaired) electrons. The van der Waals surface area contributed by atoms with Gasteiger partial charge in [0.1, 0.15) is 11.8 Å². The van der Waals surface area contributed by atoms with E-state index in [1.54, 1.807) is 23.1 Å². The number of amides is 1. The molecule has 3 aromatic rings. The van der Waals surface area contributed by atoms with Crippen LogP contribution in [0.25, 0.3) is 0 Å². The summed E-state index contributed by atoms with van der Waals surface area (Å²) in [6.45, 7) is 1.04. The van der Waals surface area contributed by atoms with E-state index < -0.39 is 11.7 Å². The Morgan fingerprint density at radius 1 is 1.08 bits per heavy atom. The number of hydrogen-bond donors (Lipinski definition) is 0. The number of carbonyl (C=O) groups is 1. The molecular formula is C25H19Cl2F3N4O2. The van der Waals surface area contributed by atoms with E-state index in [1.165, 1.54) is 18.3 Å². The molecule has 2 unspecified atom stereocenters. The van der Waals surface area contributed by atoms with Gasteiger partial charge in [-0.2, -0.15) is 18.4 Å². The fourth-order valence-electron chi connectivity index (χ4n) is 4.17. The second-order valence-electron chi connectivity index (χ2n) is 8.31. The Balaban J connectivity index is 1.48. The number of alkyl halides is 3. The molecule has 0 bridgehead atoms. The van der Waals surface area contributed by atoms with Crippen LogP contribution in [0, 0.1) is 17.2 Å². The average Bonchev–Trinajstić information content (AvgIpc) is 3.29. The van der Waals surface area contributed by atoms with Gasteiger partial charge in [0.15, 0.2) is 0 Å². The van der Waals surface area contributed by atoms with Gasteiger partial charge >= 0.3 is 6.18 Å². The summed E-state index contributed by atoms with van der Waals surface area (Å²) in [5.74, 6) is -0.222. The van der Waals surface area contributed by atoms with Gasteiger partial charge in [0.25, 0.3) is 5.91 Å². The quantitative estimate of drug-likeness (QED) is 0.387. The zero-order chi connectivity index (χ0) is 25.9. The second kappa shape index (κ2) is 10.7. The zero-order valence-electron chi connectivity index (χ0n) is 18.7. The van der Waals surface area contributed by atoms with Crippen LogP contribution in [0.2, 0.25) is 10.0 Å². The maximum absolute atomic E-state index is 13.1. The van der Waals surface area contributed by atoms with Gasteiger partial charge in [-0.05, 0) is 48.2 Å². The van der Waals surface area contributed by atoms with Crippen molar-refractivity contribution in [2.24, 2.45) is 5.92 Å². The van der Waals surface area contributed by atoms with Crippen LogP contribution >= 0.6 is 23.2 Å². The normalized spacial score (nSPS) is 17.6. The van der Waals surface area contributed by atoms with E-state index in [-0.39, 0.29) is 35.9 Å². The third-order valence-electron chi connectivity index (χ3n) is 6.03. The fraction of sp³-hybridized carbons (Fsp3) is 0.280. The number of likely N-dealkylation sites (tertiary alicyclic amines) is 1. The molecule has 2 atom stereocenters. The van der Waals surface area contributed by atoms with Gasteiger partial charge in [0.2, 0.25) is 5.88 Å². The minimum atomic E-state index is -4.47. The highest BCUT2D eigenvalue weighted by atomic mass is 35.5. The van der Waals surface area contributed by atoms with Crippen LogP contribution in [0.15, 0.2) is 54.9 Å². The second-order valence-corrected chi connectivity index (χ2v) is 9.13. The summed E-state index contributed by atoms with van der Waals surface area (Å²) in [5, 5.41) is 9.76. The van der Waals surface area contributed by atoms with Crippen molar-refractivity contribution in [3.8, 4) is 11.9 Å². The number of halogens is 5. The smallest absolute Gasteiger partial charge is 0.417 e. The monoisotopic (exact) mass is 534 g/mol. The number of nitriles is 1. The molecule has 2 aromatic heterocycles. The lowest BCUT2D eigenvalue weighted by Crippen LogP contribution is -2.29. The minimum absolute atomic E-state index is 0.0213. The summed E-state index contributed by atoms with van der Waals surface area (Å²) in [4.78, 5) is 22.5. The Morgan fingerprint density at radius 3 is 2.50 bits per heavy atom. The van der Waals surface area contributed by atoms with Crippen LogP contribution in [-0.4, -0.2) is 40.5 Å². The van der Waals surface area contributed by atoms with Gasteiger partial charge in [-0.1, -0.05) is 29.3 Å². The van der Waals surface area contributed by atoms with Gasteiger partial charge in [-0.3, -0.25) is 4.79 Å². The van der Waals surface area contributed by atoms with Gasteiger partial charge in [0, 0.05) is 37.5 Å². The van der Waals surface area contributed by atoms with Gasteiger partial charge < -0.3 is 9.64 Å². The van der Waals surface area contributed by atoms with Crippen molar-refractivity contribution < 1.29 is 22.7 Å². The summed E-state index contributed by atoms with van der Waals surface area (Å²) in [7, 11) is 0. The fourth-order valence-corrected chi connectivity index (χ4v) is 4.47. The lowest BCUT2D eigenvalue weighted by atomic mass is 9.87. The van der Waals surface area contributed by atoms with Gasteiger partial charge in [-0.25, -0.2) is 9.97 Å². The lowest BCUT2D eigenvalue weighted by molar-refractivity contribution is -0.137. The van der Waals surface area contributed by atoms with Crippen molar-refractivity contribution in [3.05, 3.63) is 87.3 Å². The highest BCUT2D eigenvalue weighted by Crippen LogP contribution is 2.38. The molecule has 11 heteroatoms. The van der Waals surface area contributed by atoms with E-state index in [1.807, 2.05) is 12.1 Å². The van der Waals surface area contributed by atoms with E-state index in [0.717, 1.165) is 17.8 Å². The average molecular weight is 535 g/mol. The Labute approximate surface area is 215 Å². The molecule has 1 aliphatic rings. The number of nitrogens with zero attached hydrogens (tertiary/aromatic N) is 4. The SMILES string of the molecule is N#Cc1ccc(C(=O)N2CC(CCOc3ccc(C(F)(F)F)cn3)C(c3ccc(Cl)c(Cl)c3)C2)cn1. The Hall–Kier alpha value is -3.35. The van der Waals surface area contributed by atoms with Crippen molar-refractivity contribution in [2.45, 2.75) is 18.5 Å². The first-order valence-electron chi connectivity index (χ1n) is 10.9. The van der Waals surface area contributed by atoms with E-state index in [0.29, 0.717) is 35.1 Å². The molecule has 186 valence electrons. The first kappa shape index (κ1) is 25.7. The zero-order valence-corrected chi connectivity index (χ0v) is 20.2.